The molecule has 0 aliphatic carbocycles. The van der Waals surface area contributed by atoms with E-state index in [2.05, 4.69) is 0 Å². The van der Waals surface area contributed by atoms with Crippen LogP contribution in [0.1, 0.15) is 36.7 Å². The molecule has 1 rings (SSSR count). The van der Waals surface area contributed by atoms with Crippen molar-refractivity contribution in [2.24, 2.45) is 0 Å². The zero-order chi connectivity index (χ0) is 15.5. The van der Waals surface area contributed by atoms with E-state index in [0.717, 1.165) is 12.1 Å². The largest absolute Gasteiger partial charge is 0.456 e. The molecule has 0 aromatic heterocycles. The summed E-state index contributed by atoms with van der Waals surface area (Å²) in [5.74, 6) is -3.03. The number of hydrogen-bond acceptors (Lipinski definition) is 4. The van der Waals surface area contributed by atoms with Crippen molar-refractivity contribution in [1.29, 1.82) is 0 Å². The summed E-state index contributed by atoms with van der Waals surface area (Å²) >= 11 is 0. The highest BCUT2D eigenvalue weighted by molar-refractivity contribution is 5.90. The standard InChI is InChI=1S/C13H13F2NO4/c1-13(2,3)20-12(17)8-6-10(14)9(11(15)7-8)4-5-16(18)19/h4-7H,1-3H3. The van der Waals surface area contributed by atoms with Crippen LogP contribution in [-0.4, -0.2) is 16.5 Å². The maximum Gasteiger partial charge on any atom is 0.338 e. The molecule has 5 nitrogen and oxygen atoms in total. The van der Waals surface area contributed by atoms with Crippen molar-refractivity contribution >= 4 is 12.0 Å². The van der Waals surface area contributed by atoms with Crippen LogP contribution in [0, 0.1) is 21.7 Å². The number of rotatable bonds is 3. The third kappa shape index (κ3) is 4.42. The van der Waals surface area contributed by atoms with Crippen molar-refractivity contribution in [3.05, 3.63) is 51.2 Å². The fourth-order valence-corrected chi connectivity index (χ4v) is 1.33. The lowest BCUT2D eigenvalue weighted by atomic mass is 10.1. The van der Waals surface area contributed by atoms with E-state index in [4.69, 9.17) is 4.74 Å². The van der Waals surface area contributed by atoms with E-state index in [1.54, 1.807) is 20.8 Å². The second kappa shape index (κ2) is 5.77. The van der Waals surface area contributed by atoms with Crippen LogP contribution in [0.5, 0.6) is 0 Å². The Kier molecular flexibility index (Phi) is 4.54. The van der Waals surface area contributed by atoms with Gasteiger partial charge in [-0.2, -0.15) is 0 Å². The number of carbonyl (C=O) groups excluding carboxylic acids is 1. The molecule has 0 saturated heterocycles. The van der Waals surface area contributed by atoms with E-state index in [1.165, 1.54) is 0 Å². The Morgan fingerprint density at radius 2 is 1.80 bits per heavy atom. The number of ether oxygens (including phenoxy) is 1. The first kappa shape index (κ1) is 15.7. The van der Waals surface area contributed by atoms with Gasteiger partial charge in [0.05, 0.1) is 16.1 Å². The molecular weight excluding hydrogens is 272 g/mol. The first-order chi connectivity index (χ1) is 9.10. The average molecular weight is 285 g/mol. The molecule has 0 fully saturated rings. The lowest BCUT2D eigenvalue weighted by Gasteiger charge is -2.19. The summed E-state index contributed by atoms with van der Waals surface area (Å²) in [4.78, 5) is 20.9. The van der Waals surface area contributed by atoms with Crippen molar-refractivity contribution in [2.45, 2.75) is 26.4 Å². The number of nitrogens with zero attached hydrogens (tertiary/aromatic N) is 1. The maximum atomic E-state index is 13.6. The topological polar surface area (TPSA) is 69.4 Å². The Balaban J connectivity index is 3.11. The summed E-state index contributed by atoms with van der Waals surface area (Å²) in [6.07, 6.45) is 1.10. The van der Waals surface area contributed by atoms with E-state index < -0.39 is 33.7 Å². The van der Waals surface area contributed by atoms with Gasteiger partial charge < -0.3 is 4.74 Å². The van der Waals surface area contributed by atoms with Gasteiger partial charge >= 0.3 is 5.97 Å². The monoisotopic (exact) mass is 285 g/mol. The molecule has 0 unspecified atom stereocenters. The summed E-state index contributed by atoms with van der Waals surface area (Å²) < 4.78 is 32.2. The van der Waals surface area contributed by atoms with Crippen molar-refractivity contribution in [2.75, 3.05) is 0 Å². The van der Waals surface area contributed by atoms with Gasteiger partial charge in [-0.05, 0) is 32.9 Å². The Morgan fingerprint density at radius 3 is 2.20 bits per heavy atom. The predicted molar refractivity (Wildman–Crippen MR) is 67.6 cm³/mol. The van der Waals surface area contributed by atoms with Crippen LogP contribution in [0.2, 0.25) is 0 Å². The van der Waals surface area contributed by atoms with E-state index in [1.807, 2.05) is 0 Å². The molecule has 0 spiro atoms. The van der Waals surface area contributed by atoms with Crippen molar-refractivity contribution < 1.29 is 23.2 Å². The smallest absolute Gasteiger partial charge is 0.338 e. The summed E-state index contributed by atoms with van der Waals surface area (Å²) in [6, 6.07) is 1.55. The van der Waals surface area contributed by atoms with Crippen LogP contribution in [0.4, 0.5) is 8.78 Å². The van der Waals surface area contributed by atoms with Gasteiger partial charge in [-0.25, -0.2) is 13.6 Å². The van der Waals surface area contributed by atoms with Gasteiger partial charge in [-0.3, -0.25) is 10.1 Å². The highest BCUT2D eigenvalue weighted by Gasteiger charge is 2.20. The summed E-state index contributed by atoms with van der Waals surface area (Å²) in [5.41, 5.74) is -1.68. The van der Waals surface area contributed by atoms with Crippen LogP contribution in [0.3, 0.4) is 0 Å². The SMILES string of the molecule is CC(C)(C)OC(=O)c1cc(F)c(C=C[N+](=O)[O-])c(F)c1. The molecule has 0 amide bonds. The predicted octanol–water partition coefficient (Wildman–Crippen LogP) is 3.17. The lowest BCUT2D eigenvalue weighted by Crippen LogP contribution is -2.24. The van der Waals surface area contributed by atoms with Crippen LogP contribution in [0.15, 0.2) is 18.3 Å². The van der Waals surface area contributed by atoms with E-state index in [-0.39, 0.29) is 5.56 Å². The van der Waals surface area contributed by atoms with Gasteiger partial charge in [0, 0.05) is 6.08 Å². The molecule has 0 saturated carbocycles. The molecule has 108 valence electrons. The highest BCUT2D eigenvalue weighted by Crippen LogP contribution is 2.19. The zero-order valence-electron chi connectivity index (χ0n) is 11.1. The highest BCUT2D eigenvalue weighted by atomic mass is 19.1. The van der Waals surface area contributed by atoms with Gasteiger partial charge in [0.2, 0.25) is 6.20 Å². The van der Waals surface area contributed by atoms with Crippen LogP contribution >= 0.6 is 0 Å². The first-order valence-corrected chi connectivity index (χ1v) is 5.64. The number of halogens is 2. The van der Waals surface area contributed by atoms with Crippen molar-refractivity contribution in [3.8, 4) is 0 Å². The number of esters is 1. The Morgan fingerprint density at radius 1 is 1.30 bits per heavy atom. The molecule has 20 heavy (non-hydrogen) atoms. The normalized spacial score (nSPS) is 11.7. The minimum Gasteiger partial charge on any atom is -0.456 e. The first-order valence-electron chi connectivity index (χ1n) is 5.64. The van der Waals surface area contributed by atoms with Gasteiger partial charge in [0.15, 0.2) is 0 Å². The number of carbonyl (C=O) groups is 1. The number of benzene rings is 1. The molecule has 0 N–H and O–H groups in total. The zero-order valence-corrected chi connectivity index (χ0v) is 11.1. The Labute approximate surface area is 114 Å². The summed E-state index contributed by atoms with van der Waals surface area (Å²) in [6.45, 7) is 4.85. The van der Waals surface area contributed by atoms with E-state index in [0.29, 0.717) is 12.3 Å². The maximum absolute atomic E-state index is 13.6. The fraction of sp³-hybridized carbons (Fsp3) is 0.308. The quantitative estimate of drug-likeness (QED) is 0.486. The molecule has 0 bridgehead atoms. The molecule has 7 heteroatoms. The third-order valence-corrected chi connectivity index (χ3v) is 2.08. The lowest BCUT2D eigenvalue weighted by molar-refractivity contribution is -0.401. The Hall–Kier alpha value is -2.31. The summed E-state index contributed by atoms with van der Waals surface area (Å²) in [7, 11) is 0. The molecule has 0 heterocycles. The minimum absolute atomic E-state index is 0.298. The number of hydrogen-bond donors (Lipinski definition) is 0. The van der Waals surface area contributed by atoms with E-state index in [9.17, 15) is 23.7 Å². The van der Waals surface area contributed by atoms with Crippen LogP contribution in [-0.2, 0) is 4.74 Å². The summed E-state index contributed by atoms with van der Waals surface area (Å²) in [5, 5.41) is 10.1. The second-order valence-electron chi connectivity index (χ2n) is 4.96. The molecule has 0 aliphatic heterocycles. The van der Waals surface area contributed by atoms with Crippen LogP contribution in [0.25, 0.3) is 6.08 Å². The number of nitro groups is 1. The molecule has 0 aliphatic rings. The molecule has 0 atom stereocenters. The van der Waals surface area contributed by atoms with Crippen LogP contribution < -0.4 is 0 Å². The van der Waals surface area contributed by atoms with E-state index >= 15 is 0 Å². The third-order valence-electron chi connectivity index (χ3n) is 2.08. The van der Waals surface area contributed by atoms with Gasteiger partial charge in [0.25, 0.3) is 0 Å². The average Bonchev–Trinajstić information content (AvgIpc) is 2.24. The van der Waals surface area contributed by atoms with Gasteiger partial charge in [-0.1, -0.05) is 0 Å². The van der Waals surface area contributed by atoms with Crippen molar-refractivity contribution in [1.82, 2.24) is 0 Å². The minimum atomic E-state index is -1.08. The second-order valence-corrected chi connectivity index (χ2v) is 4.96. The van der Waals surface area contributed by atoms with Gasteiger partial charge in [-0.15, -0.1) is 0 Å². The molecular formula is C13H13F2NO4. The fourth-order valence-electron chi connectivity index (χ4n) is 1.33. The molecule has 1 aromatic rings. The molecule has 0 radical (unpaired) electrons. The van der Waals surface area contributed by atoms with Crippen molar-refractivity contribution in [3.63, 3.8) is 0 Å². The Bertz CT molecular complexity index is 553. The molecule has 1 aromatic carbocycles. The van der Waals surface area contributed by atoms with Gasteiger partial charge in [0.1, 0.15) is 17.2 Å².